The molecule has 0 saturated heterocycles. The van der Waals surface area contributed by atoms with E-state index >= 15 is 0 Å². The highest BCUT2D eigenvalue weighted by molar-refractivity contribution is 7.90. The van der Waals surface area contributed by atoms with Gasteiger partial charge in [0.2, 0.25) is 5.91 Å². The predicted octanol–water partition coefficient (Wildman–Crippen LogP) is 1.36. The number of hydrogen-bond acceptors (Lipinski definition) is 5. The van der Waals surface area contributed by atoms with E-state index in [1.54, 1.807) is 12.1 Å². The van der Waals surface area contributed by atoms with Gasteiger partial charge in [-0.3, -0.25) is 4.79 Å². The maximum absolute atomic E-state index is 11.7. The largest absolute Gasteiger partial charge is 0.494 e. The van der Waals surface area contributed by atoms with Crippen molar-refractivity contribution in [1.29, 1.82) is 0 Å². The van der Waals surface area contributed by atoms with Crippen LogP contribution >= 0.6 is 0 Å². The summed E-state index contributed by atoms with van der Waals surface area (Å²) in [6.07, 6.45) is 2.17. The van der Waals surface area contributed by atoms with Crippen LogP contribution in [0.5, 0.6) is 5.75 Å². The van der Waals surface area contributed by atoms with Crippen LogP contribution in [0, 0.1) is 0 Å². The lowest BCUT2D eigenvalue weighted by atomic mass is 10.3. The number of carbonyl (C=O) groups is 1. The van der Waals surface area contributed by atoms with Gasteiger partial charge < -0.3 is 15.4 Å². The second-order valence-electron chi connectivity index (χ2n) is 5.46. The SMILES string of the molecule is CCN[C@H](C)CNC(=O)CCCOc1ccc(S(C)(=O)=O)cc1. The van der Waals surface area contributed by atoms with Gasteiger partial charge in [-0.2, -0.15) is 0 Å². The van der Waals surface area contributed by atoms with Crippen molar-refractivity contribution < 1.29 is 17.9 Å². The summed E-state index contributed by atoms with van der Waals surface area (Å²) in [4.78, 5) is 11.9. The molecule has 0 radical (unpaired) electrons. The van der Waals surface area contributed by atoms with Gasteiger partial charge >= 0.3 is 0 Å². The quantitative estimate of drug-likeness (QED) is 0.627. The fraction of sp³-hybridized carbons (Fsp3) is 0.562. The van der Waals surface area contributed by atoms with Gasteiger partial charge in [-0.05, 0) is 44.2 Å². The first-order valence-corrected chi connectivity index (χ1v) is 9.65. The number of ether oxygens (including phenoxy) is 1. The molecule has 6 nitrogen and oxygen atoms in total. The summed E-state index contributed by atoms with van der Waals surface area (Å²) >= 11 is 0. The number of likely N-dealkylation sites (N-methyl/N-ethyl adjacent to an activating group) is 1. The summed E-state index contributed by atoms with van der Waals surface area (Å²) in [5, 5.41) is 6.09. The van der Waals surface area contributed by atoms with Crippen LogP contribution in [0.25, 0.3) is 0 Å². The van der Waals surface area contributed by atoms with Gasteiger partial charge in [-0.25, -0.2) is 8.42 Å². The third-order valence-corrected chi connectivity index (χ3v) is 4.36. The summed E-state index contributed by atoms with van der Waals surface area (Å²) < 4.78 is 28.2. The normalized spacial score (nSPS) is 12.7. The number of sulfone groups is 1. The minimum absolute atomic E-state index is 0.00535. The third kappa shape index (κ3) is 7.99. The Labute approximate surface area is 138 Å². The van der Waals surface area contributed by atoms with Crippen molar-refractivity contribution >= 4 is 15.7 Å². The highest BCUT2D eigenvalue weighted by atomic mass is 32.2. The average Bonchev–Trinajstić information content (AvgIpc) is 2.49. The highest BCUT2D eigenvalue weighted by Gasteiger charge is 2.07. The molecule has 1 aromatic rings. The first kappa shape index (κ1) is 19.4. The molecule has 7 heteroatoms. The second kappa shape index (κ2) is 9.52. The Bertz CT molecular complexity index is 585. The molecule has 1 rings (SSSR count). The molecule has 0 saturated carbocycles. The molecule has 1 atom stereocenters. The number of rotatable bonds is 10. The van der Waals surface area contributed by atoms with E-state index < -0.39 is 9.84 Å². The van der Waals surface area contributed by atoms with E-state index in [1.165, 1.54) is 18.4 Å². The van der Waals surface area contributed by atoms with E-state index in [9.17, 15) is 13.2 Å². The van der Waals surface area contributed by atoms with E-state index in [0.29, 0.717) is 31.7 Å². The lowest BCUT2D eigenvalue weighted by molar-refractivity contribution is -0.121. The van der Waals surface area contributed by atoms with E-state index in [-0.39, 0.29) is 16.8 Å². The zero-order valence-electron chi connectivity index (χ0n) is 14.0. The van der Waals surface area contributed by atoms with Crippen LogP contribution in [0.15, 0.2) is 29.2 Å². The molecule has 0 aliphatic carbocycles. The van der Waals surface area contributed by atoms with Crippen LogP contribution in [0.3, 0.4) is 0 Å². The Kier molecular flexibility index (Phi) is 8.05. The van der Waals surface area contributed by atoms with Gasteiger partial charge in [0, 0.05) is 25.3 Å². The van der Waals surface area contributed by atoms with Crippen molar-refractivity contribution in [3.63, 3.8) is 0 Å². The van der Waals surface area contributed by atoms with Gasteiger partial charge in [0.15, 0.2) is 9.84 Å². The molecule has 130 valence electrons. The third-order valence-electron chi connectivity index (χ3n) is 3.23. The molecule has 2 N–H and O–H groups in total. The van der Waals surface area contributed by atoms with E-state index in [1.807, 2.05) is 13.8 Å². The van der Waals surface area contributed by atoms with Crippen LogP contribution in [-0.4, -0.2) is 46.3 Å². The molecule has 0 fully saturated rings. The van der Waals surface area contributed by atoms with Crippen molar-refractivity contribution in [2.24, 2.45) is 0 Å². The molecule has 0 unspecified atom stereocenters. The Morgan fingerprint density at radius 2 is 1.91 bits per heavy atom. The predicted molar refractivity (Wildman–Crippen MR) is 90.4 cm³/mol. The Balaban J connectivity index is 2.23. The van der Waals surface area contributed by atoms with Crippen molar-refractivity contribution in [2.75, 3.05) is 26.0 Å². The standard InChI is InChI=1S/C16H26N2O4S/c1-4-17-13(2)12-18-16(19)6-5-11-22-14-7-9-15(10-8-14)23(3,20)21/h7-10,13,17H,4-6,11-12H2,1-3H3,(H,18,19)/t13-/m1/s1. The summed E-state index contributed by atoms with van der Waals surface area (Å²) in [7, 11) is -3.19. The van der Waals surface area contributed by atoms with Crippen molar-refractivity contribution in [3.05, 3.63) is 24.3 Å². The van der Waals surface area contributed by atoms with E-state index in [2.05, 4.69) is 10.6 Å². The first-order chi connectivity index (χ1) is 10.8. The molecule has 1 aromatic carbocycles. The maximum Gasteiger partial charge on any atom is 0.220 e. The zero-order valence-corrected chi connectivity index (χ0v) is 14.8. The zero-order chi connectivity index (χ0) is 17.3. The summed E-state index contributed by atoms with van der Waals surface area (Å²) in [5.41, 5.74) is 0. The number of amides is 1. The molecular formula is C16H26N2O4S. The van der Waals surface area contributed by atoms with Crippen molar-refractivity contribution in [1.82, 2.24) is 10.6 Å². The molecule has 0 aromatic heterocycles. The smallest absolute Gasteiger partial charge is 0.220 e. The molecule has 0 bridgehead atoms. The molecule has 0 heterocycles. The van der Waals surface area contributed by atoms with E-state index in [0.717, 1.165) is 6.54 Å². The van der Waals surface area contributed by atoms with Crippen molar-refractivity contribution in [2.45, 2.75) is 37.6 Å². The summed E-state index contributed by atoms with van der Waals surface area (Å²) in [6, 6.07) is 6.52. The van der Waals surface area contributed by atoms with Crippen LogP contribution < -0.4 is 15.4 Å². The fourth-order valence-electron chi connectivity index (χ4n) is 1.98. The molecule has 0 aliphatic heterocycles. The van der Waals surface area contributed by atoms with Gasteiger partial charge in [-0.1, -0.05) is 6.92 Å². The van der Waals surface area contributed by atoms with Gasteiger partial charge in [0.05, 0.1) is 11.5 Å². The number of hydrogen-bond donors (Lipinski definition) is 2. The average molecular weight is 342 g/mol. The lowest BCUT2D eigenvalue weighted by Gasteiger charge is -2.13. The topological polar surface area (TPSA) is 84.5 Å². The number of carbonyl (C=O) groups excluding carboxylic acids is 1. The molecule has 0 spiro atoms. The molecule has 1 amide bonds. The second-order valence-corrected chi connectivity index (χ2v) is 7.47. The summed E-state index contributed by atoms with van der Waals surface area (Å²) in [6.45, 7) is 5.95. The lowest BCUT2D eigenvalue weighted by Crippen LogP contribution is -2.38. The van der Waals surface area contributed by atoms with Crippen LogP contribution in [0.1, 0.15) is 26.7 Å². The Morgan fingerprint density at radius 1 is 1.26 bits per heavy atom. The highest BCUT2D eigenvalue weighted by Crippen LogP contribution is 2.16. The van der Waals surface area contributed by atoms with E-state index in [4.69, 9.17) is 4.74 Å². The summed E-state index contributed by atoms with van der Waals surface area (Å²) in [5.74, 6) is 0.601. The van der Waals surface area contributed by atoms with Crippen LogP contribution in [-0.2, 0) is 14.6 Å². The van der Waals surface area contributed by atoms with Crippen LogP contribution in [0.4, 0.5) is 0 Å². The fourth-order valence-corrected chi connectivity index (χ4v) is 2.61. The Hall–Kier alpha value is -1.60. The van der Waals surface area contributed by atoms with Gasteiger partial charge in [0.1, 0.15) is 5.75 Å². The molecular weight excluding hydrogens is 316 g/mol. The number of benzene rings is 1. The van der Waals surface area contributed by atoms with Gasteiger partial charge in [0.25, 0.3) is 0 Å². The monoisotopic (exact) mass is 342 g/mol. The van der Waals surface area contributed by atoms with Crippen molar-refractivity contribution in [3.8, 4) is 5.75 Å². The maximum atomic E-state index is 11.7. The molecule has 23 heavy (non-hydrogen) atoms. The van der Waals surface area contributed by atoms with Gasteiger partial charge in [-0.15, -0.1) is 0 Å². The number of nitrogens with one attached hydrogen (secondary N) is 2. The van der Waals surface area contributed by atoms with Crippen LogP contribution in [0.2, 0.25) is 0 Å². The molecule has 0 aliphatic rings. The minimum atomic E-state index is -3.19. The minimum Gasteiger partial charge on any atom is -0.494 e. The first-order valence-electron chi connectivity index (χ1n) is 7.76. The Morgan fingerprint density at radius 3 is 2.48 bits per heavy atom.